The molecule has 1 heterocycles. The fraction of sp³-hybridized carbons (Fsp3) is 0.611. The van der Waals surface area contributed by atoms with Crippen LogP contribution in [0.1, 0.15) is 61.4 Å². The lowest BCUT2D eigenvalue weighted by Gasteiger charge is -2.26. The number of benzene rings is 1. The molecule has 0 aliphatic carbocycles. The molecule has 0 aromatic heterocycles. The lowest BCUT2D eigenvalue weighted by Crippen LogP contribution is -2.39. The number of unbranched alkanes of at least 4 members (excludes halogenated alkanes) is 2. The Kier molecular flexibility index (Phi) is 5.78. The molecule has 2 rings (SSSR count). The molecule has 1 aliphatic rings. The molecule has 1 atom stereocenters. The summed E-state index contributed by atoms with van der Waals surface area (Å²) in [6, 6.07) is 8.16. The quantitative estimate of drug-likeness (QED) is 0.547. The van der Waals surface area contributed by atoms with E-state index in [-0.39, 0.29) is 6.04 Å². The minimum Gasteiger partial charge on any atom is -0.293 e. The molecule has 1 saturated heterocycles. The highest BCUT2D eigenvalue weighted by Crippen LogP contribution is 2.20. The van der Waals surface area contributed by atoms with Gasteiger partial charge in [0.15, 0.2) is 5.78 Å². The van der Waals surface area contributed by atoms with Crippen LogP contribution >= 0.6 is 0 Å². The van der Waals surface area contributed by atoms with Crippen molar-refractivity contribution < 1.29 is 4.79 Å². The third-order valence-electron chi connectivity index (χ3n) is 4.30. The molecule has 110 valence electrons. The Morgan fingerprint density at radius 2 is 1.80 bits per heavy atom. The Morgan fingerprint density at radius 3 is 2.40 bits per heavy atom. The molecule has 0 spiro atoms. The molecular formula is C18H27NO. The molecule has 0 radical (unpaired) electrons. The molecular weight excluding hydrogens is 246 g/mol. The molecule has 1 aromatic rings. The molecule has 20 heavy (non-hydrogen) atoms. The van der Waals surface area contributed by atoms with Crippen LogP contribution in [0.4, 0.5) is 0 Å². The lowest BCUT2D eigenvalue weighted by atomic mass is 9.97. The number of hydrogen-bond acceptors (Lipinski definition) is 2. The van der Waals surface area contributed by atoms with Crippen molar-refractivity contribution >= 4 is 5.78 Å². The van der Waals surface area contributed by atoms with Crippen LogP contribution in [0.5, 0.6) is 0 Å². The van der Waals surface area contributed by atoms with E-state index in [4.69, 9.17) is 0 Å². The van der Waals surface area contributed by atoms with Crippen LogP contribution in [-0.4, -0.2) is 29.8 Å². The number of likely N-dealkylation sites (tertiary alicyclic amines) is 1. The van der Waals surface area contributed by atoms with Gasteiger partial charge < -0.3 is 0 Å². The van der Waals surface area contributed by atoms with Crippen molar-refractivity contribution in [2.75, 3.05) is 13.1 Å². The highest BCUT2D eigenvalue weighted by molar-refractivity contribution is 6.00. The summed E-state index contributed by atoms with van der Waals surface area (Å²) >= 11 is 0. The number of aryl methyl sites for hydroxylation is 1. The van der Waals surface area contributed by atoms with Gasteiger partial charge in [0.25, 0.3) is 0 Å². The number of Topliss-reactive ketones (excluding diaryl/α,β-unsaturated/α-hetero) is 1. The Morgan fingerprint density at radius 1 is 1.15 bits per heavy atom. The number of nitrogens with zero attached hydrogens (tertiary/aromatic N) is 1. The van der Waals surface area contributed by atoms with Crippen LogP contribution in [0.3, 0.4) is 0 Å². The van der Waals surface area contributed by atoms with Gasteiger partial charge >= 0.3 is 0 Å². The summed E-state index contributed by atoms with van der Waals surface area (Å²) in [4.78, 5) is 15.2. The van der Waals surface area contributed by atoms with Gasteiger partial charge in [-0.05, 0) is 39.3 Å². The highest BCUT2D eigenvalue weighted by Gasteiger charge is 2.28. The molecule has 0 amide bonds. The van der Waals surface area contributed by atoms with Gasteiger partial charge in [-0.2, -0.15) is 0 Å². The molecule has 1 aromatic carbocycles. The second-order valence-corrected chi connectivity index (χ2v) is 5.98. The average Bonchev–Trinajstić information content (AvgIpc) is 2.98. The van der Waals surface area contributed by atoms with Gasteiger partial charge in [0.2, 0.25) is 0 Å². The summed E-state index contributed by atoms with van der Waals surface area (Å²) in [5, 5.41) is 0. The summed E-state index contributed by atoms with van der Waals surface area (Å²) in [6.07, 6.45) is 7.10. The first-order valence-electron chi connectivity index (χ1n) is 8.07. The molecule has 0 bridgehead atoms. The summed E-state index contributed by atoms with van der Waals surface area (Å²) in [6.45, 7) is 6.46. The predicted octanol–water partition coefficient (Wildman–Crippen LogP) is 4.22. The lowest BCUT2D eigenvalue weighted by molar-refractivity contribution is 0.0835. The number of carbonyl (C=O) groups excluding carboxylic acids is 1. The summed E-state index contributed by atoms with van der Waals surface area (Å²) < 4.78 is 0. The van der Waals surface area contributed by atoms with Crippen LogP contribution in [0.25, 0.3) is 0 Å². The SMILES string of the molecule is CCCCC[C@@H](C(=O)c1ccc(C)cc1)N1CCCC1. The van der Waals surface area contributed by atoms with E-state index >= 15 is 0 Å². The summed E-state index contributed by atoms with van der Waals surface area (Å²) in [5.74, 6) is 0.322. The Balaban J connectivity index is 2.07. The molecule has 2 heteroatoms. The highest BCUT2D eigenvalue weighted by atomic mass is 16.1. The largest absolute Gasteiger partial charge is 0.293 e. The van der Waals surface area contributed by atoms with Crippen LogP contribution in [-0.2, 0) is 0 Å². The van der Waals surface area contributed by atoms with Crippen molar-refractivity contribution in [2.45, 2.75) is 58.4 Å². The Labute approximate surface area is 123 Å². The maximum Gasteiger partial charge on any atom is 0.179 e. The molecule has 0 unspecified atom stereocenters. The zero-order chi connectivity index (χ0) is 14.4. The standard InChI is InChI=1S/C18H27NO/c1-3-4-5-8-17(19-13-6-7-14-19)18(20)16-11-9-15(2)10-12-16/h9-12,17H,3-8,13-14H2,1-2H3/t17-/m0/s1. The summed E-state index contributed by atoms with van der Waals surface area (Å²) in [5.41, 5.74) is 2.09. The maximum atomic E-state index is 12.8. The van der Waals surface area contributed by atoms with Crippen molar-refractivity contribution in [3.63, 3.8) is 0 Å². The van der Waals surface area contributed by atoms with Crippen molar-refractivity contribution in [3.05, 3.63) is 35.4 Å². The van der Waals surface area contributed by atoms with E-state index in [1.54, 1.807) is 0 Å². The van der Waals surface area contributed by atoms with Crippen LogP contribution in [0, 0.1) is 6.92 Å². The van der Waals surface area contributed by atoms with Crippen LogP contribution in [0.2, 0.25) is 0 Å². The van der Waals surface area contributed by atoms with Gasteiger partial charge in [-0.25, -0.2) is 0 Å². The fourth-order valence-electron chi connectivity index (χ4n) is 3.03. The normalized spacial score (nSPS) is 17.3. The summed E-state index contributed by atoms with van der Waals surface area (Å²) in [7, 11) is 0. The van der Waals surface area contributed by atoms with E-state index in [1.165, 1.54) is 31.2 Å². The Hall–Kier alpha value is -1.15. The number of ketones is 1. The molecule has 1 aliphatic heterocycles. The van der Waals surface area contributed by atoms with Crippen molar-refractivity contribution in [1.82, 2.24) is 4.90 Å². The zero-order valence-corrected chi connectivity index (χ0v) is 12.9. The smallest absolute Gasteiger partial charge is 0.179 e. The van der Waals surface area contributed by atoms with E-state index in [1.807, 2.05) is 24.3 Å². The molecule has 0 N–H and O–H groups in total. The minimum absolute atomic E-state index is 0.103. The fourth-order valence-corrected chi connectivity index (χ4v) is 3.03. The Bertz CT molecular complexity index is 418. The minimum atomic E-state index is 0.103. The second kappa shape index (κ2) is 7.58. The second-order valence-electron chi connectivity index (χ2n) is 5.98. The van der Waals surface area contributed by atoms with E-state index in [0.29, 0.717) is 5.78 Å². The number of hydrogen-bond donors (Lipinski definition) is 0. The van der Waals surface area contributed by atoms with Gasteiger partial charge in [0.1, 0.15) is 0 Å². The van der Waals surface area contributed by atoms with E-state index in [0.717, 1.165) is 31.5 Å². The first-order chi connectivity index (χ1) is 9.72. The van der Waals surface area contributed by atoms with Crippen LogP contribution < -0.4 is 0 Å². The first kappa shape index (κ1) is 15.2. The maximum absolute atomic E-state index is 12.8. The molecule has 2 nitrogen and oxygen atoms in total. The first-order valence-corrected chi connectivity index (χ1v) is 8.07. The number of carbonyl (C=O) groups is 1. The monoisotopic (exact) mass is 273 g/mol. The van der Waals surface area contributed by atoms with Crippen molar-refractivity contribution in [3.8, 4) is 0 Å². The van der Waals surface area contributed by atoms with E-state index in [2.05, 4.69) is 18.7 Å². The molecule has 1 fully saturated rings. The van der Waals surface area contributed by atoms with Gasteiger partial charge in [-0.3, -0.25) is 9.69 Å². The van der Waals surface area contributed by atoms with Crippen molar-refractivity contribution in [1.29, 1.82) is 0 Å². The number of rotatable bonds is 7. The zero-order valence-electron chi connectivity index (χ0n) is 12.9. The van der Waals surface area contributed by atoms with Gasteiger partial charge in [0, 0.05) is 5.56 Å². The van der Waals surface area contributed by atoms with Gasteiger partial charge in [-0.15, -0.1) is 0 Å². The topological polar surface area (TPSA) is 20.3 Å². The predicted molar refractivity (Wildman–Crippen MR) is 84.2 cm³/mol. The van der Waals surface area contributed by atoms with E-state index in [9.17, 15) is 4.79 Å². The van der Waals surface area contributed by atoms with E-state index < -0.39 is 0 Å². The third kappa shape index (κ3) is 3.92. The van der Waals surface area contributed by atoms with Crippen LogP contribution in [0.15, 0.2) is 24.3 Å². The van der Waals surface area contributed by atoms with Gasteiger partial charge in [0.05, 0.1) is 6.04 Å². The van der Waals surface area contributed by atoms with Crippen molar-refractivity contribution in [2.24, 2.45) is 0 Å². The van der Waals surface area contributed by atoms with Gasteiger partial charge in [-0.1, -0.05) is 56.0 Å². The third-order valence-corrected chi connectivity index (χ3v) is 4.30. The average molecular weight is 273 g/mol. The molecule has 0 saturated carbocycles.